The van der Waals surface area contributed by atoms with E-state index in [0.717, 1.165) is 29.3 Å². The number of nitrogens with zero attached hydrogens (tertiary/aromatic N) is 1. The van der Waals surface area contributed by atoms with Crippen molar-refractivity contribution < 1.29 is 17.1 Å². The second kappa shape index (κ2) is 5.05. The quantitative estimate of drug-likeness (QED) is 0.763. The van der Waals surface area contributed by atoms with Crippen molar-refractivity contribution in [3.8, 4) is 0 Å². The van der Waals surface area contributed by atoms with Crippen molar-refractivity contribution in [1.82, 2.24) is 4.90 Å². The van der Waals surface area contributed by atoms with Crippen LogP contribution in [0, 0.1) is 0 Å². The van der Waals surface area contributed by atoms with Gasteiger partial charge in [-0.2, -0.15) is 8.42 Å². The number of likely N-dealkylation sites (tertiary alicyclic amines) is 1. The number of rotatable bonds is 3. The minimum atomic E-state index is -4.67. The number of hydrogen-bond donors (Lipinski definition) is 0. The van der Waals surface area contributed by atoms with Gasteiger partial charge in [0.15, 0.2) is 0 Å². The van der Waals surface area contributed by atoms with Crippen molar-refractivity contribution in [3.05, 3.63) is 34.3 Å². The molecule has 0 radical (unpaired) electrons. The molecular weight excluding hydrogens is 361 g/mol. The number of carbonyl (C=O) groups excluding carboxylic acids is 1. The minimum Gasteiger partial charge on any atom is -0.331 e. The van der Waals surface area contributed by atoms with E-state index in [4.69, 9.17) is 0 Å². The molecule has 1 saturated carbocycles. The Bertz CT molecular complexity index is 670. The lowest BCUT2D eigenvalue weighted by Gasteiger charge is -2.49. The lowest BCUT2D eigenvalue weighted by atomic mass is 9.70. The first-order valence-corrected chi connectivity index (χ1v) is 9.07. The summed E-state index contributed by atoms with van der Waals surface area (Å²) in [4.78, 5) is 13.8. The van der Waals surface area contributed by atoms with E-state index in [2.05, 4.69) is 15.9 Å². The maximum absolute atomic E-state index is 13.2. The molecule has 0 bridgehead atoms. The zero-order valence-electron chi connectivity index (χ0n) is 11.3. The number of carbonyl (C=O) groups is 1. The molecular formula is C14H15BrFNO3S. The lowest BCUT2D eigenvalue weighted by Crippen LogP contribution is -2.52. The van der Waals surface area contributed by atoms with Crippen LogP contribution in [0.4, 0.5) is 3.89 Å². The fourth-order valence-corrected chi connectivity index (χ4v) is 4.20. The van der Waals surface area contributed by atoms with Crippen molar-refractivity contribution in [3.63, 3.8) is 0 Å². The van der Waals surface area contributed by atoms with Crippen LogP contribution in [-0.2, 0) is 20.6 Å². The summed E-state index contributed by atoms with van der Waals surface area (Å²) in [5.41, 5.74) is 0.527. The number of hydrogen-bond acceptors (Lipinski definition) is 3. The summed E-state index contributed by atoms with van der Waals surface area (Å²) >= 11 is 3.37. The fraction of sp³-hybridized carbons (Fsp3) is 0.500. The molecule has 1 atom stereocenters. The Hall–Kier alpha value is -0.950. The number of benzene rings is 1. The lowest BCUT2D eigenvalue weighted by molar-refractivity contribution is -0.137. The Morgan fingerprint density at radius 2 is 1.86 bits per heavy atom. The first kappa shape index (κ1) is 15.0. The Balaban J connectivity index is 1.93. The first-order chi connectivity index (χ1) is 9.83. The van der Waals surface area contributed by atoms with Crippen LogP contribution in [0.1, 0.15) is 31.2 Å². The van der Waals surface area contributed by atoms with Crippen molar-refractivity contribution in [2.75, 3.05) is 6.54 Å². The molecule has 1 aliphatic carbocycles. The van der Waals surface area contributed by atoms with Gasteiger partial charge in [-0.25, -0.2) is 0 Å². The maximum atomic E-state index is 13.2. The van der Waals surface area contributed by atoms with Gasteiger partial charge in [0.1, 0.15) is 5.25 Å². The number of halogens is 2. The van der Waals surface area contributed by atoms with Gasteiger partial charge in [0.2, 0.25) is 5.91 Å². The van der Waals surface area contributed by atoms with E-state index in [1.165, 1.54) is 0 Å². The highest BCUT2D eigenvalue weighted by atomic mass is 79.9. The van der Waals surface area contributed by atoms with Crippen molar-refractivity contribution >= 4 is 32.1 Å². The summed E-state index contributed by atoms with van der Waals surface area (Å²) in [5.74, 6) is -0.274. The van der Waals surface area contributed by atoms with E-state index in [9.17, 15) is 17.1 Å². The van der Waals surface area contributed by atoms with E-state index in [0.29, 0.717) is 0 Å². The fourth-order valence-electron chi connectivity index (χ4n) is 3.26. The first-order valence-electron chi connectivity index (χ1n) is 6.83. The molecule has 1 amide bonds. The van der Waals surface area contributed by atoms with E-state index in [1.807, 2.05) is 24.3 Å². The summed E-state index contributed by atoms with van der Waals surface area (Å²) in [6.45, 7) is -0.0479. The van der Waals surface area contributed by atoms with Gasteiger partial charge >= 0.3 is 10.2 Å². The SMILES string of the molecule is O=C1CC(S(=O)(=O)F)CN1C1(c2ccc(Br)cc2)CCC1. The van der Waals surface area contributed by atoms with E-state index in [1.54, 1.807) is 4.90 Å². The molecule has 1 heterocycles. The average molecular weight is 376 g/mol. The van der Waals surface area contributed by atoms with Gasteiger partial charge in [-0.15, -0.1) is 3.89 Å². The van der Waals surface area contributed by atoms with Crippen LogP contribution in [0.3, 0.4) is 0 Å². The monoisotopic (exact) mass is 375 g/mol. The minimum absolute atomic E-state index is 0.0479. The van der Waals surface area contributed by atoms with Gasteiger partial charge < -0.3 is 4.90 Å². The zero-order valence-corrected chi connectivity index (χ0v) is 13.7. The van der Waals surface area contributed by atoms with E-state index < -0.39 is 21.0 Å². The van der Waals surface area contributed by atoms with Crippen LogP contribution in [0.25, 0.3) is 0 Å². The van der Waals surface area contributed by atoms with Crippen LogP contribution in [0.15, 0.2) is 28.7 Å². The van der Waals surface area contributed by atoms with Gasteiger partial charge in [0, 0.05) is 17.4 Å². The summed E-state index contributed by atoms with van der Waals surface area (Å²) < 4.78 is 36.3. The molecule has 1 saturated heterocycles. The summed E-state index contributed by atoms with van der Waals surface area (Å²) in [6.07, 6.45) is 2.31. The summed E-state index contributed by atoms with van der Waals surface area (Å²) in [6, 6.07) is 7.68. The van der Waals surface area contributed by atoms with Crippen LogP contribution >= 0.6 is 15.9 Å². The zero-order chi connectivity index (χ0) is 15.3. The van der Waals surface area contributed by atoms with Gasteiger partial charge in [-0.05, 0) is 37.0 Å². The van der Waals surface area contributed by atoms with Gasteiger partial charge in [-0.1, -0.05) is 28.1 Å². The Kier molecular flexibility index (Phi) is 3.60. The van der Waals surface area contributed by atoms with Crippen LogP contribution < -0.4 is 0 Å². The molecule has 7 heteroatoms. The normalized spacial score (nSPS) is 25.0. The Morgan fingerprint density at radius 1 is 1.24 bits per heavy atom. The Labute approximate surface area is 131 Å². The van der Waals surface area contributed by atoms with Crippen molar-refractivity contribution in [2.24, 2.45) is 0 Å². The highest BCUT2D eigenvalue weighted by Crippen LogP contribution is 2.48. The molecule has 4 nitrogen and oxygen atoms in total. The molecule has 1 aliphatic heterocycles. The largest absolute Gasteiger partial charge is 0.331 e. The summed E-state index contributed by atoms with van der Waals surface area (Å²) in [5, 5.41) is -1.22. The van der Waals surface area contributed by atoms with Crippen molar-refractivity contribution in [1.29, 1.82) is 0 Å². The second-order valence-electron chi connectivity index (χ2n) is 5.70. The van der Waals surface area contributed by atoms with Crippen LogP contribution in [-0.4, -0.2) is 31.0 Å². The molecule has 0 aromatic heterocycles. The molecule has 1 unspecified atom stereocenters. The topological polar surface area (TPSA) is 54.5 Å². The standard InChI is InChI=1S/C14H15BrFNO3S/c15-11-4-2-10(3-5-11)14(6-1-7-14)17-9-12(8-13(17)18)21(16,19)20/h2-5,12H,1,6-9H2. The predicted octanol–water partition coefficient (Wildman–Crippen LogP) is 2.73. The van der Waals surface area contributed by atoms with Gasteiger partial charge in [0.25, 0.3) is 0 Å². The molecule has 0 N–H and O–H groups in total. The highest BCUT2D eigenvalue weighted by molar-refractivity contribution is 9.10. The predicted molar refractivity (Wildman–Crippen MR) is 79.8 cm³/mol. The third kappa shape index (κ3) is 2.50. The Morgan fingerprint density at radius 3 is 2.29 bits per heavy atom. The van der Waals surface area contributed by atoms with E-state index in [-0.39, 0.29) is 18.9 Å². The van der Waals surface area contributed by atoms with Gasteiger partial charge in [-0.3, -0.25) is 4.79 Å². The molecule has 2 aliphatic rings. The molecule has 114 valence electrons. The van der Waals surface area contributed by atoms with Gasteiger partial charge in [0.05, 0.1) is 5.54 Å². The van der Waals surface area contributed by atoms with Crippen LogP contribution in [0.2, 0.25) is 0 Å². The van der Waals surface area contributed by atoms with E-state index >= 15 is 0 Å². The smallest absolute Gasteiger partial charge is 0.307 e. The third-order valence-corrected chi connectivity index (χ3v) is 6.21. The third-order valence-electron chi connectivity index (χ3n) is 4.57. The molecule has 3 rings (SSSR count). The molecule has 1 aromatic carbocycles. The summed E-state index contributed by atoms with van der Waals surface area (Å²) in [7, 11) is -4.67. The average Bonchev–Trinajstić information content (AvgIpc) is 2.73. The highest BCUT2D eigenvalue weighted by Gasteiger charge is 2.51. The second-order valence-corrected chi connectivity index (χ2v) is 8.23. The van der Waals surface area contributed by atoms with Crippen molar-refractivity contribution in [2.45, 2.75) is 36.5 Å². The van der Waals surface area contributed by atoms with Crippen LogP contribution in [0.5, 0.6) is 0 Å². The number of amides is 1. The molecule has 2 fully saturated rings. The molecule has 0 spiro atoms. The molecule has 1 aromatic rings. The molecule has 21 heavy (non-hydrogen) atoms. The maximum Gasteiger partial charge on any atom is 0.307 e.